The van der Waals surface area contributed by atoms with E-state index in [1.165, 1.54) is 0 Å². The second-order valence-electron chi connectivity index (χ2n) is 3.62. The molecule has 15 heavy (non-hydrogen) atoms. The van der Waals surface area contributed by atoms with E-state index in [-0.39, 0.29) is 0 Å². The Bertz CT molecular complexity index is 205. The van der Waals surface area contributed by atoms with E-state index >= 15 is 0 Å². The standard InChI is InChI=1S/C8H18INO5/c1-9(2)10-5-7(13)6(12)4(3-11)15-8(5)14/h4-8,10-14H,3H2,1-2H3/t4-,5-,6-,7-,8?/m1/s1. The fourth-order valence-corrected chi connectivity index (χ4v) is 3.58. The van der Waals surface area contributed by atoms with Crippen molar-refractivity contribution in [2.45, 2.75) is 30.6 Å². The van der Waals surface area contributed by atoms with Gasteiger partial charge in [0.2, 0.25) is 0 Å². The van der Waals surface area contributed by atoms with Gasteiger partial charge < -0.3 is 0 Å². The van der Waals surface area contributed by atoms with Crippen molar-refractivity contribution in [3.05, 3.63) is 0 Å². The van der Waals surface area contributed by atoms with Gasteiger partial charge in [-0.05, 0) is 0 Å². The zero-order valence-electron chi connectivity index (χ0n) is 8.67. The van der Waals surface area contributed by atoms with Gasteiger partial charge in [0.1, 0.15) is 0 Å². The molecular weight excluding hydrogens is 317 g/mol. The molecule has 1 aliphatic rings. The van der Waals surface area contributed by atoms with Gasteiger partial charge in [0, 0.05) is 0 Å². The molecule has 92 valence electrons. The van der Waals surface area contributed by atoms with Crippen LogP contribution in [0.25, 0.3) is 0 Å². The summed E-state index contributed by atoms with van der Waals surface area (Å²) in [5, 5.41) is 37.7. The van der Waals surface area contributed by atoms with Crippen molar-refractivity contribution < 1.29 is 25.2 Å². The predicted molar refractivity (Wildman–Crippen MR) is 62.8 cm³/mol. The first kappa shape index (κ1) is 13.6. The monoisotopic (exact) mass is 335 g/mol. The molecule has 0 radical (unpaired) electrons. The molecule has 0 aromatic rings. The number of aliphatic hydroxyl groups excluding tert-OH is 4. The number of rotatable bonds is 3. The van der Waals surface area contributed by atoms with Crippen molar-refractivity contribution in [2.75, 3.05) is 16.5 Å². The Hall–Kier alpha value is 0.490. The third kappa shape index (κ3) is 3.22. The summed E-state index contributed by atoms with van der Waals surface area (Å²) in [6.07, 6.45) is -4.42. The second-order valence-corrected chi connectivity index (χ2v) is 8.56. The van der Waals surface area contributed by atoms with Gasteiger partial charge in [-0.15, -0.1) is 0 Å². The van der Waals surface area contributed by atoms with E-state index in [9.17, 15) is 15.3 Å². The molecule has 0 saturated carbocycles. The molecule has 6 nitrogen and oxygen atoms in total. The Balaban J connectivity index is 2.66. The van der Waals surface area contributed by atoms with Crippen LogP contribution in [-0.4, -0.2) is 67.5 Å². The Morgan fingerprint density at radius 1 is 1.20 bits per heavy atom. The first-order valence-corrected chi connectivity index (χ1v) is 9.93. The molecule has 5 atom stereocenters. The van der Waals surface area contributed by atoms with Crippen molar-refractivity contribution in [1.82, 2.24) is 3.53 Å². The third-order valence-corrected chi connectivity index (χ3v) is 4.21. The number of aliphatic hydroxyl groups is 4. The van der Waals surface area contributed by atoms with Gasteiger partial charge >= 0.3 is 95.9 Å². The summed E-state index contributed by atoms with van der Waals surface area (Å²) in [7, 11) is 0. The van der Waals surface area contributed by atoms with Crippen LogP contribution < -0.4 is 3.53 Å². The molecule has 1 rings (SSSR count). The molecule has 0 aromatic carbocycles. The Labute approximate surface area is 96.0 Å². The maximum absolute atomic E-state index is 9.72. The first-order chi connectivity index (χ1) is 6.97. The zero-order chi connectivity index (χ0) is 11.6. The van der Waals surface area contributed by atoms with Crippen molar-refractivity contribution >= 4 is 20.1 Å². The van der Waals surface area contributed by atoms with Crippen LogP contribution in [0.15, 0.2) is 0 Å². The van der Waals surface area contributed by atoms with E-state index in [1.54, 1.807) is 0 Å². The average Bonchev–Trinajstić information content (AvgIpc) is 2.18. The van der Waals surface area contributed by atoms with Crippen LogP contribution >= 0.6 is 20.1 Å². The van der Waals surface area contributed by atoms with Gasteiger partial charge in [-0.3, -0.25) is 0 Å². The van der Waals surface area contributed by atoms with Crippen molar-refractivity contribution in [3.63, 3.8) is 0 Å². The van der Waals surface area contributed by atoms with Gasteiger partial charge in [-0.2, -0.15) is 0 Å². The van der Waals surface area contributed by atoms with E-state index in [0.29, 0.717) is 0 Å². The van der Waals surface area contributed by atoms with Gasteiger partial charge in [-0.1, -0.05) is 0 Å². The molecule has 1 aliphatic heterocycles. The third-order valence-electron chi connectivity index (χ3n) is 2.24. The Kier molecular flexibility index (Phi) is 5.16. The quantitative estimate of drug-likeness (QED) is 0.234. The summed E-state index contributed by atoms with van der Waals surface area (Å²) in [5.41, 5.74) is 0. The number of nitrogens with one attached hydrogen (secondary N) is 1. The number of hydrogen-bond acceptors (Lipinski definition) is 6. The first-order valence-electron chi connectivity index (χ1n) is 4.54. The molecule has 0 aliphatic carbocycles. The topological polar surface area (TPSA) is 102 Å². The molecule has 0 bridgehead atoms. The van der Waals surface area contributed by atoms with Crippen LogP contribution in [0.4, 0.5) is 0 Å². The average molecular weight is 335 g/mol. The van der Waals surface area contributed by atoms with Crippen molar-refractivity contribution in [3.8, 4) is 0 Å². The van der Waals surface area contributed by atoms with Crippen LogP contribution in [0.5, 0.6) is 0 Å². The van der Waals surface area contributed by atoms with E-state index < -0.39 is 57.3 Å². The number of alkyl halides is 2. The summed E-state index contributed by atoms with van der Waals surface area (Å²) in [6.45, 7) is -0.428. The molecule has 7 heteroatoms. The maximum atomic E-state index is 9.72. The van der Waals surface area contributed by atoms with E-state index in [0.717, 1.165) is 0 Å². The van der Waals surface area contributed by atoms with Crippen LogP contribution in [-0.2, 0) is 4.74 Å². The summed E-state index contributed by atoms with van der Waals surface area (Å²) in [4.78, 5) is 4.02. The van der Waals surface area contributed by atoms with Gasteiger partial charge in [0.05, 0.1) is 0 Å². The molecule has 1 heterocycles. The normalized spacial score (nSPS) is 42.8. The minimum absolute atomic E-state index is 0.428. The summed E-state index contributed by atoms with van der Waals surface area (Å²) in [5.74, 6) is 0. The zero-order valence-corrected chi connectivity index (χ0v) is 10.8. The molecule has 0 spiro atoms. The van der Waals surface area contributed by atoms with E-state index in [1.807, 2.05) is 9.86 Å². The summed E-state index contributed by atoms with van der Waals surface area (Å²) in [6, 6.07) is -0.678. The second kappa shape index (κ2) is 5.71. The van der Waals surface area contributed by atoms with Gasteiger partial charge in [-0.25, -0.2) is 0 Å². The van der Waals surface area contributed by atoms with Crippen LogP contribution in [0.3, 0.4) is 0 Å². The molecule has 0 aromatic heterocycles. The SMILES string of the molecule is CI(C)N[C@H]1C(O)O[C@H](CO)[C@@H](O)[C@@H]1O. The van der Waals surface area contributed by atoms with Crippen LogP contribution in [0.1, 0.15) is 0 Å². The molecule has 1 saturated heterocycles. The molecule has 5 N–H and O–H groups in total. The fourth-order valence-electron chi connectivity index (χ4n) is 1.47. The van der Waals surface area contributed by atoms with E-state index in [4.69, 9.17) is 9.84 Å². The molecule has 1 fully saturated rings. The fraction of sp³-hybridized carbons (Fsp3) is 1.00. The molecule has 0 amide bonds. The Morgan fingerprint density at radius 3 is 2.27 bits per heavy atom. The summed E-state index contributed by atoms with van der Waals surface area (Å²) < 4.78 is 8.04. The van der Waals surface area contributed by atoms with E-state index in [2.05, 4.69) is 3.53 Å². The van der Waals surface area contributed by atoms with Crippen molar-refractivity contribution in [2.24, 2.45) is 0 Å². The number of hydrogen-bond donors (Lipinski definition) is 5. The predicted octanol–water partition coefficient (Wildman–Crippen LogP) is -1.94. The van der Waals surface area contributed by atoms with Gasteiger partial charge in [0.15, 0.2) is 0 Å². The van der Waals surface area contributed by atoms with Crippen molar-refractivity contribution in [1.29, 1.82) is 0 Å². The Morgan fingerprint density at radius 2 is 1.80 bits per heavy atom. The summed E-state index contributed by atoms with van der Waals surface area (Å²) >= 11 is -1.36. The molecule has 1 unspecified atom stereocenters. The van der Waals surface area contributed by atoms with Gasteiger partial charge in [0.25, 0.3) is 0 Å². The van der Waals surface area contributed by atoms with Crippen LogP contribution in [0.2, 0.25) is 0 Å². The number of ether oxygens (including phenoxy) is 1. The minimum atomic E-state index is -1.36. The molecular formula is C8H18INO5. The number of halogens is 1. The van der Waals surface area contributed by atoms with Crippen LogP contribution in [0, 0.1) is 0 Å².